The third-order valence-electron chi connectivity index (χ3n) is 3.92. The predicted octanol–water partition coefficient (Wildman–Crippen LogP) is 2.86. The fourth-order valence-corrected chi connectivity index (χ4v) is 3.93. The molecular formula is C16H20N2O2S. The summed E-state index contributed by atoms with van der Waals surface area (Å²) in [5, 5.41) is 14.2. The number of hydrogen-bond donors (Lipinski definition) is 2. The van der Waals surface area contributed by atoms with Crippen molar-refractivity contribution in [2.45, 2.75) is 31.9 Å². The van der Waals surface area contributed by atoms with Crippen molar-refractivity contribution in [2.75, 3.05) is 16.8 Å². The van der Waals surface area contributed by atoms with Crippen LogP contribution in [0.4, 0.5) is 5.69 Å². The van der Waals surface area contributed by atoms with E-state index in [1.807, 2.05) is 18.2 Å². The van der Waals surface area contributed by atoms with Gasteiger partial charge in [0.15, 0.2) is 5.60 Å². The predicted molar refractivity (Wildman–Crippen MR) is 87.8 cm³/mol. The maximum absolute atomic E-state index is 12.2. The molecule has 1 fully saturated rings. The lowest BCUT2D eigenvalue weighted by Gasteiger charge is -2.20. The van der Waals surface area contributed by atoms with Gasteiger partial charge in [-0.05, 0) is 42.9 Å². The van der Waals surface area contributed by atoms with Crippen LogP contribution in [0.25, 0.3) is 10.9 Å². The quantitative estimate of drug-likeness (QED) is 0.913. The Balaban J connectivity index is 1.80. The summed E-state index contributed by atoms with van der Waals surface area (Å²) in [6.45, 7) is 3.15. The van der Waals surface area contributed by atoms with Crippen LogP contribution in [0.5, 0.6) is 0 Å². The molecule has 2 N–H and O–H groups in total. The molecule has 0 spiro atoms. The number of amides is 1. The first kappa shape index (κ1) is 14.5. The van der Waals surface area contributed by atoms with Crippen molar-refractivity contribution in [3.8, 4) is 0 Å². The number of thioether (sulfide) groups is 1. The minimum atomic E-state index is -1.21. The first-order valence-corrected chi connectivity index (χ1v) is 8.48. The standard InChI is InChI=1S/C16H20N2O2S/c1-2-7-18-8-5-12-10-13(3-4-14(12)18)17-15(19)16(20)6-9-21-11-16/h3-5,8,10,20H,2,6-7,9,11H2,1H3,(H,17,19). The molecule has 1 amide bonds. The third-order valence-corrected chi connectivity index (χ3v) is 5.09. The first-order chi connectivity index (χ1) is 10.1. The summed E-state index contributed by atoms with van der Waals surface area (Å²) < 4.78 is 2.21. The lowest BCUT2D eigenvalue weighted by molar-refractivity contribution is -0.131. The summed E-state index contributed by atoms with van der Waals surface area (Å²) in [6.07, 6.45) is 3.69. The molecule has 1 saturated heterocycles. The minimum absolute atomic E-state index is 0.292. The third kappa shape index (κ3) is 2.80. The van der Waals surface area contributed by atoms with E-state index in [1.54, 1.807) is 11.8 Å². The summed E-state index contributed by atoms with van der Waals surface area (Å²) in [6, 6.07) is 7.94. The number of aliphatic hydroxyl groups is 1. The normalized spacial score (nSPS) is 21.8. The zero-order valence-corrected chi connectivity index (χ0v) is 12.9. The molecule has 0 aliphatic carbocycles. The van der Waals surface area contributed by atoms with E-state index in [0.717, 1.165) is 29.8 Å². The number of hydrogen-bond acceptors (Lipinski definition) is 3. The Morgan fingerprint density at radius 1 is 1.48 bits per heavy atom. The summed E-state index contributed by atoms with van der Waals surface area (Å²) >= 11 is 1.62. The van der Waals surface area contributed by atoms with E-state index < -0.39 is 5.60 Å². The molecule has 0 bridgehead atoms. The topological polar surface area (TPSA) is 54.3 Å². The Kier molecular flexibility index (Phi) is 3.95. The minimum Gasteiger partial charge on any atom is -0.379 e. The smallest absolute Gasteiger partial charge is 0.257 e. The molecule has 112 valence electrons. The number of nitrogens with zero attached hydrogens (tertiary/aromatic N) is 1. The number of anilines is 1. The molecular weight excluding hydrogens is 284 g/mol. The number of carbonyl (C=O) groups excluding carboxylic acids is 1. The lowest BCUT2D eigenvalue weighted by atomic mass is 10.0. The maximum atomic E-state index is 12.2. The Bertz CT molecular complexity index is 659. The van der Waals surface area contributed by atoms with Gasteiger partial charge in [-0.2, -0.15) is 11.8 Å². The van der Waals surface area contributed by atoms with Crippen LogP contribution in [0.1, 0.15) is 19.8 Å². The van der Waals surface area contributed by atoms with Gasteiger partial charge in [-0.15, -0.1) is 0 Å². The number of aryl methyl sites for hydroxylation is 1. The Morgan fingerprint density at radius 3 is 3.05 bits per heavy atom. The van der Waals surface area contributed by atoms with Gasteiger partial charge in [-0.25, -0.2) is 0 Å². The van der Waals surface area contributed by atoms with Crippen molar-refractivity contribution in [1.29, 1.82) is 0 Å². The summed E-state index contributed by atoms with van der Waals surface area (Å²) in [5.74, 6) is 1.02. The summed E-state index contributed by atoms with van der Waals surface area (Å²) in [4.78, 5) is 12.2. The van der Waals surface area contributed by atoms with Gasteiger partial charge < -0.3 is 15.0 Å². The van der Waals surface area contributed by atoms with E-state index in [9.17, 15) is 9.90 Å². The second kappa shape index (κ2) is 5.73. The largest absolute Gasteiger partial charge is 0.379 e. The van der Waals surface area contributed by atoms with Gasteiger partial charge in [0.05, 0.1) is 0 Å². The van der Waals surface area contributed by atoms with Gasteiger partial charge in [-0.3, -0.25) is 4.79 Å². The van der Waals surface area contributed by atoms with Crippen LogP contribution in [-0.4, -0.2) is 32.7 Å². The van der Waals surface area contributed by atoms with Crippen molar-refractivity contribution in [2.24, 2.45) is 0 Å². The van der Waals surface area contributed by atoms with Crippen LogP contribution in [0.2, 0.25) is 0 Å². The average Bonchev–Trinajstić information content (AvgIpc) is 3.07. The SMILES string of the molecule is CCCn1ccc2cc(NC(=O)C3(O)CCSC3)ccc21. The number of carbonyl (C=O) groups is 1. The molecule has 2 aromatic rings. The molecule has 21 heavy (non-hydrogen) atoms. The summed E-state index contributed by atoms with van der Waals surface area (Å²) in [7, 11) is 0. The second-order valence-corrected chi connectivity index (χ2v) is 6.68. The van der Waals surface area contributed by atoms with E-state index >= 15 is 0 Å². The molecule has 3 rings (SSSR count). The highest BCUT2D eigenvalue weighted by molar-refractivity contribution is 7.99. The van der Waals surface area contributed by atoms with Gasteiger partial charge in [0, 0.05) is 35.1 Å². The first-order valence-electron chi connectivity index (χ1n) is 7.33. The second-order valence-electron chi connectivity index (χ2n) is 5.57. The Labute approximate surface area is 128 Å². The zero-order chi connectivity index (χ0) is 14.9. The van der Waals surface area contributed by atoms with E-state index in [0.29, 0.717) is 12.2 Å². The van der Waals surface area contributed by atoms with E-state index in [4.69, 9.17) is 0 Å². The van der Waals surface area contributed by atoms with Crippen molar-refractivity contribution in [3.63, 3.8) is 0 Å². The van der Waals surface area contributed by atoms with E-state index in [1.165, 1.54) is 5.52 Å². The molecule has 1 atom stereocenters. The summed E-state index contributed by atoms with van der Waals surface area (Å²) in [5.41, 5.74) is 0.699. The lowest BCUT2D eigenvalue weighted by Crippen LogP contribution is -2.42. The molecule has 1 aliphatic rings. The van der Waals surface area contributed by atoms with Gasteiger partial charge >= 0.3 is 0 Å². The van der Waals surface area contributed by atoms with Gasteiger partial charge in [0.2, 0.25) is 0 Å². The fourth-order valence-electron chi connectivity index (χ4n) is 2.69. The van der Waals surface area contributed by atoms with Crippen LogP contribution in [0.15, 0.2) is 30.5 Å². The van der Waals surface area contributed by atoms with Crippen LogP contribution in [0.3, 0.4) is 0 Å². The molecule has 0 saturated carbocycles. The van der Waals surface area contributed by atoms with Crippen molar-refractivity contribution >= 4 is 34.3 Å². The molecule has 1 unspecified atom stereocenters. The van der Waals surface area contributed by atoms with Crippen molar-refractivity contribution in [3.05, 3.63) is 30.5 Å². The highest BCUT2D eigenvalue weighted by atomic mass is 32.2. The van der Waals surface area contributed by atoms with Gasteiger partial charge in [0.1, 0.15) is 0 Å². The van der Waals surface area contributed by atoms with Gasteiger partial charge in [-0.1, -0.05) is 6.92 Å². The Morgan fingerprint density at radius 2 is 2.33 bits per heavy atom. The highest BCUT2D eigenvalue weighted by Crippen LogP contribution is 2.29. The molecule has 2 heterocycles. The van der Waals surface area contributed by atoms with Crippen LogP contribution < -0.4 is 5.32 Å². The molecule has 1 aromatic carbocycles. The maximum Gasteiger partial charge on any atom is 0.257 e. The van der Waals surface area contributed by atoms with E-state index in [2.05, 4.69) is 29.1 Å². The number of fused-ring (bicyclic) bond motifs is 1. The van der Waals surface area contributed by atoms with Crippen molar-refractivity contribution < 1.29 is 9.90 Å². The van der Waals surface area contributed by atoms with Crippen LogP contribution in [-0.2, 0) is 11.3 Å². The Hall–Kier alpha value is -1.46. The molecule has 0 radical (unpaired) electrons. The van der Waals surface area contributed by atoms with Crippen molar-refractivity contribution in [1.82, 2.24) is 4.57 Å². The molecule has 4 nitrogen and oxygen atoms in total. The van der Waals surface area contributed by atoms with Gasteiger partial charge in [0.25, 0.3) is 5.91 Å². The molecule has 1 aromatic heterocycles. The van der Waals surface area contributed by atoms with Crippen LogP contribution >= 0.6 is 11.8 Å². The molecule has 5 heteroatoms. The zero-order valence-electron chi connectivity index (χ0n) is 12.1. The fraction of sp³-hybridized carbons (Fsp3) is 0.438. The monoisotopic (exact) mass is 304 g/mol. The molecule has 1 aliphatic heterocycles. The van der Waals surface area contributed by atoms with E-state index in [-0.39, 0.29) is 5.91 Å². The highest BCUT2D eigenvalue weighted by Gasteiger charge is 2.39. The van der Waals surface area contributed by atoms with Crippen LogP contribution in [0, 0.1) is 0 Å². The number of rotatable bonds is 4. The number of benzene rings is 1. The number of aromatic nitrogens is 1. The number of nitrogens with one attached hydrogen (secondary N) is 1. The average molecular weight is 304 g/mol.